The topological polar surface area (TPSA) is 43.9 Å². The summed E-state index contributed by atoms with van der Waals surface area (Å²) in [5.41, 5.74) is 0. The Bertz CT molecular complexity index is 858. The number of carbonyl (C=O) groups excluding carboxylic acids is 2. The van der Waals surface area contributed by atoms with E-state index in [1.807, 2.05) is 0 Å². The SMILES string of the molecule is C1CCCC1.CCCCCCCCCCN(CCCCCCCCCC)C(=O)CCCCCCCN(F)CCCCCCCC(=O)N(CCCCCCCCCC)CCCCCCCCCC. The Hall–Kier alpha value is -1.17. The second-order valence-corrected chi connectivity index (χ2v) is 21.4. The smallest absolute Gasteiger partial charge is 0.222 e. The van der Waals surface area contributed by atoms with Crippen LogP contribution in [0.5, 0.6) is 0 Å². The lowest BCUT2D eigenvalue weighted by atomic mass is 10.1. The molecule has 0 spiro atoms. The third kappa shape index (κ3) is 49.6. The Balaban J connectivity index is 0.00000811. The van der Waals surface area contributed by atoms with E-state index in [0.717, 1.165) is 121 Å². The van der Waals surface area contributed by atoms with Crippen LogP contribution < -0.4 is 0 Å². The lowest BCUT2D eigenvalue weighted by Crippen LogP contribution is -2.32. The summed E-state index contributed by atoms with van der Waals surface area (Å²) >= 11 is 0. The lowest BCUT2D eigenvalue weighted by molar-refractivity contribution is -0.132. The number of rotatable bonds is 52. The fourth-order valence-corrected chi connectivity index (χ4v) is 9.96. The van der Waals surface area contributed by atoms with Crippen LogP contribution in [0.4, 0.5) is 4.48 Å². The van der Waals surface area contributed by atoms with E-state index in [2.05, 4.69) is 37.5 Å². The average molecular weight is 949 g/mol. The molecule has 0 atom stereocenters. The average Bonchev–Trinajstić information content (AvgIpc) is 3.93. The molecule has 1 aliphatic rings. The monoisotopic (exact) mass is 948 g/mol. The Morgan fingerprint density at radius 1 is 0.269 bits per heavy atom. The van der Waals surface area contributed by atoms with Crippen molar-refractivity contribution < 1.29 is 14.1 Å². The number of amides is 2. The molecule has 0 heterocycles. The molecule has 0 aliphatic heterocycles. The predicted molar refractivity (Wildman–Crippen MR) is 295 cm³/mol. The van der Waals surface area contributed by atoms with Crippen LogP contribution in [0.1, 0.15) is 342 Å². The summed E-state index contributed by atoms with van der Waals surface area (Å²) in [4.78, 5) is 30.9. The molecule has 1 fully saturated rings. The summed E-state index contributed by atoms with van der Waals surface area (Å²) < 4.78 is 14.6. The van der Waals surface area contributed by atoms with Crippen LogP contribution in [0.2, 0.25) is 0 Å². The zero-order valence-corrected chi connectivity index (χ0v) is 46.4. The van der Waals surface area contributed by atoms with Crippen molar-refractivity contribution in [3.8, 4) is 0 Å². The van der Waals surface area contributed by atoms with Gasteiger partial charge >= 0.3 is 0 Å². The molecular formula is C61H122FN3O2. The van der Waals surface area contributed by atoms with Crippen molar-refractivity contribution in [2.24, 2.45) is 0 Å². The minimum absolute atomic E-state index is 0.363. The van der Waals surface area contributed by atoms with Gasteiger partial charge in [-0.1, -0.05) is 278 Å². The van der Waals surface area contributed by atoms with Crippen LogP contribution in [-0.2, 0) is 9.59 Å². The van der Waals surface area contributed by atoms with Gasteiger partial charge in [0.25, 0.3) is 0 Å². The number of hydrogen-bond donors (Lipinski definition) is 0. The molecule has 0 aromatic carbocycles. The van der Waals surface area contributed by atoms with Gasteiger partial charge in [0, 0.05) is 52.1 Å². The van der Waals surface area contributed by atoms with Gasteiger partial charge in [0.1, 0.15) is 0 Å². The maximum atomic E-state index is 14.6. The highest BCUT2D eigenvalue weighted by Crippen LogP contribution is 2.17. The Labute approximate surface area is 420 Å². The quantitative estimate of drug-likeness (QED) is 0.0451. The number of carbonyl (C=O) groups is 2. The van der Waals surface area contributed by atoms with Crippen molar-refractivity contribution in [3.63, 3.8) is 0 Å². The maximum absolute atomic E-state index is 14.6. The molecular weight excluding hydrogens is 826 g/mol. The van der Waals surface area contributed by atoms with Crippen molar-refractivity contribution in [2.45, 2.75) is 342 Å². The Morgan fingerprint density at radius 3 is 0.672 bits per heavy atom. The van der Waals surface area contributed by atoms with E-state index in [0.29, 0.717) is 37.7 Å². The molecule has 0 N–H and O–H groups in total. The largest absolute Gasteiger partial charge is 0.343 e. The molecule has 0 unspecified atom stereocenters. The van der Waals surface area contributed by atoms with Gasteiger partial charge in [0.2, 0.25) is 11.8 Å². The third-order valence-corrected chi connectivity index (χ3v) is 14.7. The fraction of sp³-hybridized carbons (Fsp3) is 0.967. The first-order valence-corrected chi connectivity index (χ1v) is 31.0. The first kappa shape index (κ1) is 65.8. The normalized spacial score (nSPS) is 12.5. The summed E-state index contributed by atoms with van der Waals surface area (Å²) in [5, 5.41) is 1.02. The summed E-state index contributed by atoms with van der Waals surface area (Å²) in [6.07, 6.45) is 60.7. The highest BCUT2D eigenvalue weighted by Gasteiger charge is 2.14. The molecule has 1 saturated carbocycles. The Kier molecular flexibility index (Phi) is 54.8. The second-order valence-electron chi connectivity index (χ2n) is 21.4. The van der Waals surface area contributed by atoms with E-state index in [4.69, 9.17) is 0 Å². The zero-order valence-electron chi connectivity index (χ0n) is 46.4. The van der Waals surface area contributed by atoms with Crippen LogP contribution in [0.15, 0.2) is 0 Å². The van der Waals surface area contributed by atoms with Crippen molar-refractivity contribution >= 4 is 11.8 Å². The van der Waals surface area contributed by atoms with Crippen LogP contribution in [0, 0.1) is 0 Å². The molecule has 1 aliphatic carbocycles. The van der Waals surface area contributed by atoms with E-state index >= 15 is 0 Å². The molecule has 1 rings (SSSR count). The van der Waals surface area contributed by atoms with Gasteiger partial charge in [-0.2, -0.15) is 0 Å². The standard InChI is InChI=1S/C56H112FN3O2.C5H10/c1-5-9-13-17-21-25-33-41-49-58(50-42-34-26-22-18-14-10-6-2)55(61)47-39-31-29-37-45-53-60(57)54-46-38-30-32-40-48-56(62)59(51-43-35-27-23-19-15-11-7-3)52-44-36-28-24-20-16-12-8-4;1-2-4-5-3-1/h5-54H2,1-4H3;1-5H2. The van der Waals surface area contributed by atoms with Gasteiger partial charge in [-0.3, -0.25) is 9.59 Å². The van der Waals surface area contributed by atoms with Crippen LogP contribution in [-0.4, -0.2) is 66.0 Å². The minimum Gasteiger partial charge on any atom is -0.343 e. The summed E-state index contributed by atoms with van der Waals surface area (Å²) in [6, 6.07) is 0. The van der Waals surface area contributed by atoms with Gasteiger partial charge < -0.3 is 9.80 Å². The first-order valence-electron chi connectivity index (χ1n) is 31.0. The van der Waals surface area contributed by atoms with Crippen molar-refractivity contribution in [3.05, 3.63) is 0 Å². The molecule has 6 heteroatoms. The second kappa shape index (κ2) is 55.8. The molecule has 2 amide bonds. The van der Waals surface area contributed by atoms with Gasteiger partial charge in [-0.15, -0.1) is 9.60 Å². The van der Waals surface area contributed by atoms with Gasteiger partial charge in [-0.25, -0.2) is 0 Å². The predicted octanol–water partition coefficient (Wildman–Crippen LogP) is 20.0. The maximum Gasteiger partial charge on any atom is 0.222 e. The molecule has 67 heavy (non-hydrogen) atoms. The highest BCUT2D eigenvalue weighted by molar-refractivity contribution is 5.76. The summed E-state index contributed by atoms with van der Waals surface area (Å²) in [5.74, 6) is 0.727. The molecule has 0 bridgehead atoms. The van der Waals surface area contributed by atoms with Gasteiger partial charge in [0.15, 0.2) is 0 Å². The molecule has 0 saturated heterocycles. The summed E-state index contributed by atoms with van der Waals surface area (Å²) in [6.45, 7) is 13.9. The Morgan fingerprint density at radius 2 is 0.448 bits per heavy atom. The van der Waals surface area contributed by atoms with Crippen LogP contribution in [0.25, 0.3) is 0 Å². The number of halogens is 1. The van der Waals surface area contributed by atoms with Crippen LogP contribution >= 0.6 is 0 Å². The number of hydrogen-bond acceptors (Lipinski definition) is 3. The van der Waals surface area contributed by atoms with Crippen LogP contribution in [0.3, 0.4) is 0 Å². The highest BCUT2D eigenvalue weighted by atomic mass is 19.2. The molecule has 0 aromatic heterocycles. The van der Waals surface area contributed by atoms with E-state index in [1.54, 1.807) is 0 Å². The molecule has 400 valence electrons. The molecule has 5 nitrogen and oxygen atoms in total. The molecule has 0 radical (unpaired) electrons. The first-order chi connectivity index (χ1) is 33.0. The number of nitrogens with zero attached hydrogens (tertiary/aromatic N) is 3. The summed E-state index contributed by atoms with van der Waals surface area (Å²) in [7, 11) is 0. The lowest BCUT2D eigenvalue weighted by Gasteiger charge is -2.23. The van der Waals surface area contributed by atoms with E-state index in [1.165, 1.54) is 212 Å². The van der Waals surface area contributed by atoms with E-state index < -0.39 is 0 Å². The number of unbranched alkanes of at least 4 members (excludes halogenated alkanes) is 36. The van der Waals surface area contributed by atoms with Gasteiger partial charge in [0.05, 0.1) is 0 Å². The van der Waals surface area contributed by atoms with Crippen molar-refractivity contribution in [1.29, 1.82) is 0 Å². The van der Waals surface area contributed by atoms with Crippen molar-refractivity contribution in [2.75, 3.05) is 39.3 Å². The fourth-order valence-electron chi connectivity index (χ4n) is 9.96. The molecule has 0 aromatic rings. The minimum atomic E-state index is 0.363. The zero-order chi connectivity index (χ0) is 48.8. The van der Waals surface area contributed by atoms with Gasteiger partial charge in [-0.05, 0) is 51.4 Å². The third-order valence-electron chi connectivity index (χ3n) is 14.7. The van der Waals surface area contributed by atoms with E-state index in [9.17, 15) is 14.1 Å². The van der Waals surface area contributed by atoms with Crippen molar-refractivity contribution in [1.82, 2.24) is 14.9 Å². The van der Waals surface area contributed by atoms with E-state index in [-0.39, 0.29) is 0 Å².